The largest absolute Gasteiger partial charge is 0.446 e. The summed E-state index contributed by atoms with van der Waals surface area (Å²) in [5.41, 5.74) is -4.13. The van der Waals surface area contributed by atoms with Crippen molar-refractivity contribution in [3.8, 4) is 0 Å². The van der Waals surface area contributed by atoms with Gasteiger partial charge in [-0.05, 0) is 40.7 Å². The van der Waals surface area contributed by atoms with Gasteiger partial charge in [0.15, 0.2) is 5.78 Å². The molecule has 0 aliphatic heterocycles. The zero-order valence-electron chi connectivity index (χ0n) is 8.52. The molecule has 1 rings (SSSR count). The predicted octanol–water partition coefficient (Wildman–Crippen LogP) is 5.03. The van der Waals surface area contributed by atoms with Gasteiger partial charge in [0.1, 0.15) is 0 Å². The Bertz CT molecular complexity index is 432. The molecule has 0 aliphatic rings. The van der Waals surface area contributed by atoms with Crippen molar-refractivity contribution in [3.05, 3.63) is 28.2 Å². The monoisotopic (exact) mass is 390 g/mol. The number of rotatable bonds is 3. The standard InChI is InChI=1S/C10H7Br2F3OS/c1-5(11)9(16)6-3-2-4-7(8(6)12)17-10(13,14)15/h2-5H,1H3. The van der Waals surface area contributed by atoms with Crippen LogP contribution in [0.5, 0.6) is 0 Å². The van der Waals surface area contributed by atoms with Crippen molar-refractivity contribution in [1.29, 1.82) is 0 Å². The van der Waals surface area contributed by atoms with Gasteiger partial charge >= 0.3 is 5.51 Å². The van der Waals surface area contributed by atoms with Gasteiger partial charge in [-0.1, -0.05) is 28.1 Å². The molecule has 0 aliphatic carbocycles. The third-order valence-electron chi connectivity index (χ3n) is 1.82. The summed E-state index contributed by atoms with van der Waals surface area (Å²) < 4.78 is 37.0. The Balaban J connectivity index is 3.12. The van der Waals surface area contributed by atoms with E-state index in [1.54, 1.807) is 6.92 Å². The van der Waals surface area contributed by atoms with E-state index in [9.17, 15) is 18.0 Å². The first kappa shape index (κ1) is 15.0. The Morgan fingerprint density at radius 3 is 2.47 bits per heavy atom. The van der Waals surface area contributed by atoms with Crippen LogP contribution in [0.15, 0.2) is 27.6 Å². The summed E-state index contributed by atoms with van der Waals surface area (Å²) in [5, 5.41) is 0. The van der Waals surface area contributed by atoms with E-state index in [0.29, 0.717) is 0 Å². The fourth-order valence-electron chi connectivity index (χ4n) is 1.12. The third kappa shape index (κ3) is 4.30. The lowest BCUT2D eigenvalue weighted by molar-refractivity contribution is -0.0328. The Labute approximate surface area is 117 Å². The molecule has 0 spiro atoms. The number of carbonyl (C=O) groups excluding carboxylic acids is 1. The first-order valence-electron chi connectivity index (χ1n) is 4.45. The van der Waals surface area contributed by atoms with Crippen LogP contribution in [0, 0.1) is 0 Å². The second-order valence-electron chi connectivity index (χ2n) is 3.15. The van der Waals surface area contributed by atoms with E-state index in [4.69, 9.17) is 0 Å². The summed E-state index contributed by atoms with van der Waals surface area (Å²) in [5.74, 6) is -0.263. The van der Waals surface area contributed by atoms with Crippen LogP contribution >= 0.6 is 43.6 Å². The molecule has 0 radical (unpaired) electrons. The molecule has 7 heteroatoms. The molecule has 0 fully saturated rings. The van der Waals surface area contributed by atoms with Gasteiger partial charge in [-0.25, -0.2) is 0 Å². The first-order chi connectivity index (χ1) is 7.72. The fraction of sp³-hybridized carbons (Fsp3) is 0.300. The highest BCUT2D eigenvalue weighted by Crippen LogP contribution is 2.41. The maximum atomic E-state index is 12.3. The van der Waals surface area contributed by atoms with E-state index in [2.05, 4.69) is 31.9 Å². The van der Waals surface area contributed by atoms with Crippen molar-refractivity contribution in [1.82, 2.24) is 0 Å². The van der Waals surface area contributed by atoms with E-state index in [1.165, 1.54) is 18.2 Å². The number of thioether (sulfide) groups is 1. The van der Waals surface area contributed by atoms with Crippen molar-refractivity contribution < 1.29 is 18.0 Å². The van der Waals surface area contributed by atoms with Gasteiger partial charge < -0.3 is 0 Å². The van der Waals surface area contributed by atoms with E-state index in [-0.39, 0.29) is 32.5 Å². The van der Waals surface area contributed by atoms with Crippen LogP contribution < -0.4 is 0 Å². The number of benzene rings is 1. The number of ketones is 1. The van der Waals surface area contributed by atoms with Crippen molar-refractivity contribution in [2.45, 2.75) is 22.2 Å². The Kier molecular flexibility index (Phi) is 5.09. The average molecular weight is 392 g/mol. The molecule has 0 heterocycles. The average Bonchev–Trinajstić information content (AvgIpc) is 2.18. The van der Waals surface area contributed by atoms with Crippen LogP contribution in [0.3, 0.4) is 0 Å². The number of hydrogen-bond donors (Lipinski definition) is 0. The quantitative estimate of drug-likeness (QED) is 0.408. The summed E-state index contributed by atoms with van der Waals surface area (Å²) in [6, 6.07) is 4.24. The van der Waals surface area contributed by atoms with Crippen LogP contribution in [0.4, 0.5) is 13.2 Å². The maximum Gasteiger partial charge on any atom is 0.446 e. The molecule has 1 nitrogen and oxygen atoms in total. The molecule has 0 saturated carbocycles. The minimum absolute atomic E-state index is 0.0171. The molecule has 0 amide bonds. The minimum Gasteiger partial charge on any atom is -0.293 e. The molecule has 94 valence electrons. The highest BCUT2D eigenvalue weighted by Gasteiger charge is 2.31. The molecule has 1 atom stereocenters. The van der Waals surface area contributed by atoms with Gasteiger partial charge in [-0.3, -0.25) is 4.79 Å². The van der Waals surface area contributed by atoms with Crippen LogP contribution in [0.25, 0.3) is 0 Å². The number of alkyl halides is 4. The predicted molar refractivity (Wildman–Crippen MR) is 68.8 cm³/mol. The lowest BCUT2D eigenvalue weighted by atomic mass is 10.1. The van der Waals surface area contributed by atoms with Gasteiger partial charge in [0.2, 0.25) is 0 Å². The Morgan fingerprint density at radius 2 is 2.00 bits per heavy atom. The van der Waals surface area contributed by atoms with E-state index < -0.39 is 10.3 Å². The second-order valence-corrected chi connectivity index (χ2v) is 6.42. The molecule has 0 aromatic heterocycles. The number of halogens is 5. The molecule has 0 saturated heterocycles. The molecular weight excluding hydrogens is 385 g/mol. The Morgan fingerprint density at radius 1 is 1.41 bits per heavy atom. The van der Waals surface area contributed by atoms with Crippen molar-refractivity contribution in [3.63, 3.8) is 0 Å². The molecule has 17 heavy (non-hydrogen) atoms. The van der Waals surface area contributed by atoms with Crippen LogP contribution in [0.2, 0.25) is 0 Å². The smallest absolute Gasteiger partial charge is 0.293 e. The van der Waals surface area contributed by atoms with Crippen LogP contribution in [-0.2, 0) is 0 Å². The minimum atomic E-state index is -4.37. The summed E-state index contributed by atoms with van der Waals surface area (Å²) in [7, 11) is 0. The third-order valence-corrected chi connectivity index (χ3v) is 4.14. The van der Waals surface area contributed by atoms with Gasteiger partial charge in [0.05, 0.1) is 4.83 Å². The maximum absolute atomic E-state index is 12.3. The molecular formula is C10H7Br2F3OS. The highest BCUT2D eigenvalue weighted by molar-refractivity contribution is 9.10. The topological polar surface area (TPSA) is 17.1 Å². The molecule has 1 aromatic carbocycles. The second kappa shape index (κ2) is 5.75. The number of carbonyl (C=O) groups is 1. The van der Waals surface area contributed by atoms with Crippen molar-refractivity contribution in [2.75, 3.05) is 0 Å². The summed E-state index contributed by atoms with van der Waals surface area (Å²) in [6.07, 6.45) is 0. The van der Waals surface area contributed by atoms with Crippen molar-refractivity contribution in [2.24, 2.45) is 0 Å². The molecule has 0 bridgehead atoms. The van der Waals surface area contributed by atoms with Crippen LogP contribution in [-0.4, -0.2) is 16.1 Å². The molecule has 1 aromatic rings. The summed E-state index contributed by atoms with van der Waals surface area (Å²) >= 11 is 5.89. The highest BCUT2D eigenvalue weighted by atomic mass is 79.9. The van der Waals surface area contributed by atoms with Crippen LogP contribution in [0.1, 0.15) is 17.3 Å². The SMILES string of the molecule is CC(Br)C(=O)c1cccc(SC(F)(F)F)c1Br. The summed E-state index contributed by atoms with van der Waals surface area (Å²) in [4.78, 5) is 11.3. The van der Waals surface area contributed by atoms with E-state index in [1.807, 2.05) is 0 Å². The normalized spacial score (nSPS) is 13.5. The van der Waals surface area contributed by atoms with Gasteiger partial charge in [0.25, 0.3) is 0 Å². The number of hydrogen-bond acceptors (Lipinski definition) is 2. The zero-order valence-corrected chi connectivity index (χ0v) is 12.5. The zero-order chi connectivity index (χ0) is 13.2. The van der Waals surface area contributed by atoms with E-state index in [0.717, 1.165) is 0 Å². The van der Waals surface area contributed by atoms with Crippen molar-refractivity contribution >= 4 is 49.4 Å². The number of Topliss-reactive ketones (excluding diaryl/α,β-unsaturated/α-hetero) is 1. The molecule has 1 unspecified atom stereocenters. The summed E-state index contributed by atoms with van der Waals surface area (Å²) in [6.45, 7) is 1.62. The molecule has 0 N–H and O–H groups in total. The first-order valence-corrected chi connectivity index (χ1v) is 6.97. The fourth-order valence-corrected chi connectivity index (χ4v) is 2.66. The van der Waals surface area contributed by atoms with Gasteiger partial charge in [-0.15, -0.1) is 0 Å². The van der Waals surface area contributed by atoms with E-state index >= 15 is 0 Å². The van der Waals surface area contributed by atoms with Gasteiger partial charge in [0, 0.05) is 14.9 Å². The van der Waals surface area contributed by atoms with Gasteiger partial charge in [-0.2, -0.15) is 13.2 Å². The lowest BCUT2D eigenvalue weighted by Gasteiger charge is -2.11. The lowest BCUT2D eigenvalue weighted by Crippen LogP contribution is -2.11. The Hall–Kier alpha value is -0.0100.